The van der Waals surface area contributed by atoms with E-state index in [0.717, 1.165) is 29.4 Å². The highest BCUT2D eigenvalue weighted by Crippen LogP contribution is 2.45. The quantitative estimate of drug-likeness (QED) is 0.827. The van der Waals surface area contributed by atoms with Crippen LogP contribution >= 0.6 is 15.9 Å². The molecule has 0 aromatic heterocycles. The van der Waals surface area contributed by atoms with Crippen molar-refractivity contribution in [2.24, 2.45) is 17.6 Å². The van der Waals surface area contributed by atoms with Crippen molar-refractivity contribution in [2.75, 3.05) is 18.0 Å². The summed E-state index contributed by atoms with van der Waals surface area (Å²) in [5, 5.41) is 0. The van der Waals surface area contributed by atoms with Crippen LogP contribution in [0.1, 0.15) is 0 Å². The Morgan fingerprint density at radius 1 is 1.14 bits per heavy atom. The Kier molecular flexibility index (Phi) is 1.86. The number of nitrogens with zero attached hydrogens (tertiary/aromatic N) is 1. The van der Waals surface area contributed by atoms with Crippen LogP contribution in [0.25, 0.3) is 0 Å². The first kappa shape index (κ1) is 8.74. The molecule has 74 valence electrons. The van der Waals surface area contributed by atoms with Gasteiger partial charge in [0, 0.05) is 29.3 Å². The fourth-order valence-electron chi connectivity index (χ4n) is 2.44. The molecule has 1 aliphatic carbocycles. The van der Waals surface area contributed by atoms with E-state index in [2.05, 4.69) is 45.1 Å². The second kappa shape index (κ2) is 2.97. The van der Waals surface area contributed by atoms with Gasteiger partial charge < -0.3 is 10.6 Å². The summed E-state index contributed by atoms with van der Waals surface area (Å²) in [6, 6.07) is 9.01. The molecule has 1 aromatic rings. The molecule has 3 heteroatoms. The lowest BCUT2D eigenvalue weighted by atomic mass is 10.3. The van der Waals surface area contributed by atoms with E-state index in [0.29, 0.717) is 6.04 Å². The van der Waals surface area contributed by atoms with Crippen LogP contribution in [0.15, 0.2) is 28.7 Å². The smallest absolute Gasteiger partial charge is 0.0367 e. The minimum atomic E-state index is 0.488. The number of fused-ring (bicyclic) bond motifs is 1. The van der Waals surface area contributed by atoms with E-state index >= 15 is 0 Å². The van der Waals surface area contributed by atoms with E-state index in [4.69, 9.17) is 5.73 Å². The molecular weight excluding hydrogens is 240 g/mol. The number of benzene rings is 1. The molecule has 1 aromatic carbocycles. The zero-order valence-electron chi connectivity index (χ0n) is 7.86. The van der Waals surface area contributed by atoms with Crippen LogP contribution in [0.3, 0.4) is 0 Å². The van der Waals surface area contributed by atoms with Gasteiger partial charge >= 0.3 is 0 Å². The first-order valence-corrected chi connectivity index (χ1v) is 5.81. The van der Waals surface area contributed by atoms with Crippen molar-refractivity contribution in [1.29, 1.82) is 0 Å². The standard InChI is InChI=1S/C11H13BrN2/c12-7-1-3-8(4-2-7)14-5-9-10(6-14)11(9)13/h1-4,9-11H,5-6,13H2/t9-,10+,11+. The third kappa shape index (κ3) is 1.27. The topological polar surface area (TPSA) is 29.3 Å². The van der Waals surface area contributed by atoms with Crippen LogP contribution < -0.4 is 10.6 Å². The normalized spacial score (nSPS) is 34.4. The second-order valence-electron chi connectivity index (χ2n) is 4.29. The summed E-state index contributed by atoms with van der Waals surface area (Å²) in [5.74, 6) is 1.53. The first-order chi connectivity index (χ1) is 6.75. The van der Waals surface area contributed by atoms with Gasteiger partial charge in [-0.15, -0.1) is 0 Å². The van der Waals surface area contributed by atoms with Gasteiger partial charge in [0.15, 0.2) is 0 Å². The average Bonchev–Trinajstić information content (AvgIpc) is 2.66. The molecule has 1 heterocycles. The van der Waals surface area contributed by atoms with Gasteiger partial charge in [0.05, 0.1) is 0 Å². The Balaban J connectivity index is 1.76. The number of nitrogens with two attached hydrogens (primary N) is 1. The van der Waals surface area contributed by atoms with Gasteiger partial charge in [0.2, 0.25) is 0 Å². The molecular formula is C11H13BrN2. The Morgan fingerprint density at radius 2 is 1.71 bits per heavy atom. The van der Waals surface area contributed by atoms with Gasteiger partial charge in [-0.1, -0.05) is 15.9 Å². The molecule has 3 rings (SSSR count). The maximum absolute atomic E-state index is 5.90. The van der Waals surface area contributed by atoms with Crippen molar-refractivity contribution in [3.63, 3.8) is 0 Å². The second-order valence-corrected chi connectivity index (χ2v) is 5.20. The summed E-state index contributed by atoms with van der Waals surface area (Å²) in [5.41, 5.74) is 7.23. The van der Waals surface area contributed by atoms with Crippen molar-refractivity contribution < 1.29 is 0 Å². The zero-order chi connectivity index (χ0) is 9.71. The van der Waals surface area contributed by atoms with Crippen LogP contribution in [0.2, 0.25) is 0 Å². The monoisotopic (exact) mass is 252 g/mol. The largest absolute Gasteiger partial charge is 0.371 e. The summed E-state index contributed by atoms with van der Waals surface area (Å²) >= 11 is 3.45. The molecule has 0 unspecified atom stereocenters. The Bertz CT molecular complexity index is 337. The van der Waals surface area contributed by atoms with E-state index in [1.54, 1.807) is 0 Å². The predicted octanol–water partition coefficient (Wildman–Crippen LogP) is 1.84. The van der Waals surface area contributed by atoms with Crippen LogP contribution in [0, 0.1) is 11.8 Å². The summed E-state index contributed by atoms with van der Waals surface area (Å²) in [7, 11) is 0. The molecule has 14 heavy (non-hydrogen) atoms. The van der Waals surface area contributed by atoms with E-state index < -0.39 is 0 Å². The van der Waals surface area contributed by atoms with E-state index in [1.165, 1.54) is 5.69 Å². The molecule has 0 radical (unpaired) electrons. The lowest BCUT2D eigenvalue weighted by Gasteiger charge is -2.21. The molecule has 0 spiro atoms. The number of hydrogen-bond donors (Lipinski definition) is 1. The number of rotatable bonds is 1. The number of piperidine rings is 1. The van der Waals surface area contributed by atoms with Gasteiger partial charge in [-0.2, -0.15) is 0 Å². The van der Waals surface area contributed by atoms with Crippen molar-refractivity contribution in [2.45, 2.75) is 6.04 Å². The van der Waals surface area contributed by atoms with Gasteiger partial charge in [0.25, 0.3) is 0 Å². The van der Waals surface area contributed by atoms with E-state index in [-0.39, 0.29) is 0 Å². The molecule has 1 saturated carbocycles. The van der Waals surface area contributed by atoms with Gasteiger partial charge in [-0.25, -0.2) is 0 Å². The minimum absolute atomic E-state index is 0.488. The van der Waals surface area contributed by atoms with Crippen LogP contribution in [-0.4, -0.2) is 19.1 Å². The molecule has 1 saturated heterocycles. The highest BCUT2D eigenvalue weighted by molar-refractivity contribution is 9.10. The highest BCUT2D eigenvalue weighted by atomic mass is 79.9. The van der Waals surface area contributed by atoms with Crippen molar-refractivity contribution in [1.82, 2.24) is 0 Å². The van der Waals surface area contributed by atoms with E-state index in [9.17, 15) is 0 Å². The van der Waals surface area contributed by atoms with Crippen molar-refractivity contribution in [3.8, 4) is 0 Å². The highest BCUT2D eigenvalue weighted by Gasteiger charge is 2.53. The maximum atomic E-state index is 5.90. The summed E-state index contributed by atoms with van der Waals surface area (Å²) < 4.78 is 1.14. The zero-order valence-corrected chi connectivity index (χ0v) is 9.44. The van der Waals surface area contributed by atoms with Gasteiger partial charge in [-0.05, 0) is 36.1 Å². The van der Waals surface area contributed by atoms with Gasteiger partial charge in [-0.3, -0.25) is 0 Å². The van der Waals surface area contributed by atoms with Crippen molar-refractivity contribution in [3.05, 3.63) is 28.7 Å². The molecule has 0 amide bonds. The molecule has 1 aliphatic heterocycles. The number of halogens is 1. The lowest BCUT2D eigenvalue weighted by Crippen LogP contribution is -2.27. The summed E-state index contributed by atoms with van der Waals surface area (Å²) in [4.78, 5) is 2.44. The molecule has 2 N–H and O–H groups in total. The van der Waals surface area contributed by atoms with Crippen LogP contribution in [-0.2, 0) is 0 Å². The summed E-state index contributed by atoms with van der Waals surface area (Å²) in [6.07, 6.45) is 0. The SMILES string of the molecule is N[C@@H]1[C@H]2CN(c3ccc(Br)cc3)C[C@@H]12. The fraction of sp³-hybridized carbons (Fsp3) is 0.455. The predicted molar refractivity (Wildman–Crippen MR) is 61.3 cm³/mol. The van der Waals surface area contributed by atoms with Crippen molar-refractivity contribution >= 4 is 21.6 Å². The van der Waals surface area contributed by atoms with Gasteiger partial charge in [0.1, 0.15) is 0 Å². The molecule has 0 bridgehead atoms. The lowest BCUT2D eigenvalue weighted by molar-refractivity contribution is 0.743. The molecule has 2 fully saturated rings. The summed E-state index contributed by atoms with van der Waals surface area (Å²) in [6.45, 7) is 2.29. The average molecular weight is 253 g/mol. The van der Waals surface area contributed by atoms with Crippen LogP contribution in [0.5, 0.6) is 0 Å². The third-order valence-corrected chi connectivity index (χ3v) is 3.98. The maximum Gasteiger partial charge on any atom is 0.0367 e. The number of anilines is 1. The minimum Gasteiger partial charge on any atom is -0.371 e. The molecule has 2 aliphatic rings. The third-order valence-electron chi connectivity index (χ3n) is 3.45. The Hall–Kier alpha value is -0.540. The van der Waals surface area contributed by atoms with Crippen LogP contribution in [0.4, 0.5) is 5.69 Å². The first-order valence-electron chi connectivity index (χ1n) is 5.02. The fourth-order valence-corrected chi connectivity index (χ4v) is 2.70. The Labute approximate surface area is 92.2 Å². The number of hydrogen-bond acceptors (Lipinski definition) is 2. The molecule has 2 nitrogen and oxygen atoms in total. The molecule has 3 atom stereocenters. The van der Waals surface area contributed by atoms with E-state index in [1.807, 2.05) is 0 Å². The Morgan fingerprint density at radius 3 is 2.29 bits per heavy atom.